The van der Waals surface area contributed by atoms with Crippen LogP contribution in [0.25, 0.3) is 0 Å². The van der Waals surface area contributed by atoms with E-state index in [-0.39, 0.29) is 12.0 Å². The summed E-state index contributed by atoms with van der Waals surface area (Å²) in [4.78, 5) is 0. The molecular weight excluding hydrogens is 268 g/mol. The molecule has 0 amide bonds. The van der Waals surface area contributed by atoms with E-state index in [1.54, 1.807) is 7.11 Å². The maximum atomic E-state index is 9.42. The summed E-state index contributed by atoms with van der Waals surface area (Å²) in [6, 6.07) is 5.94. The summed E-state index contributed by atoms with van der Waals surface area (Å²) < 4.78 is 6.28. The molecule has 0 heterocycles. The number of hydrogen-bond acceptors (Lipinski definition) is 2. The highest BCUT2D eigenvalue weighted by Crippen LogP contribution is 2.31. The standard InChI is InChI=1S/C13H19BrO2/c1-4-13(2,9-15)8-10-7-11(16-3)5-6-12(10)14/h5-7,15H,4,8-9H2,1-3H3. The lowest BCUT2D eigenvalue weighted by molar-refractivity contribution is 0.137. The largest absolute Gasteiger partial charge is 0.497 e. The molecule has 0 fully saturated rings. The van der Waals surface area contributed by atoms with Gasteiger partial charge in [-0.1, -0.05) is 29.8 Å². The predicted octanol–water partition coefficient (Wildman–Crippen LogP) is 3.41. The second-order valence-corrected chi connectivity index (χ2v) is 5.31. The molecule has 1 aromatic rings. The molecule has 0 saturated heterocycles. The average Bonchev–Trinajstić information content (AvgIpc) is 2.32. The first-order valence-corrected chi connectivity index (χ1v) is 6.27. The van der Waals surface area contributed by atoms with Crippen molar-refractivity contribution in [2.45, 2.75) is 26.7 Å². The van der Waals surface area contributed by atoms with Crippen LogP contribution in [0.4, 0.5) is 0 Å². The Hall–Kier alpha value is -0.540. The molecule has 1 aromatic carbocycles. The Labute approximate surface area is 106 Å². The van der Waals surface area contributed by atoms with E-state index in [4.69, 9.17) is 4.74 Å². The van der Waals surface area contributed by atoms with E-state index in [1.807, 2.05) is 18.2 Å². The zero-order valence-electron chi connectivity index (χ0n) is 10.1. The van der Waals surface area contributed by atoms with Gasteiger partial charge >= 0.3 is 0 Å². The second-order valence-electron chi connectivity index (χ2n) is 4.46. The Balaban J connectivity index is 2.95. The topological polar surface area (TPSA) is 29.5 Å². The van der Waals surface area contributed by atoms with Crippen LogP contribution in [0.3, 0.4) is 0 Å². The van der Waals surface area contributed by atoms with Gasteiger partial charge in [0.1, 0.15) is 5.75 Å². The van der Waals surface area contributed by atoms with Crippen LogP contribution >= 0.6 is 15.9 Å². The van der Waals surface area contributed by atoms with Gasteiger partial charge in [0.15, 0.2) is 0 Å². The van der Waals surface area contributed by atoms with Gasteiger partial charge < -0.3 is 9.84 Å². The van der Waals surface area contributed by atoms with Crippen LogP contribution in [0.1, 0.15) is 25.8 Å². The minimum Gasteiger partial charge on any atom is -0.497 e. The normalized spacial score (nSPS) is 14.6. The molecule has 0 spiro atoms. The summed E-state index contributed by atoms with van der Waals surface area (Å²) >= 11 is 3.53. The number of aliphatic hydroxyl groups excluding tert-OH is 1. The highest BCUT2D eigenvalue weighted by molar-refractivity contribution is 9.10. The van der Waals surface area contributed by atoms with Crippen molar-refractivity contribution in [2.24, 2.45) is 5.41 Å². The van der Waals surface area contributed by atoms with Crippen LogP contribution in [-0.4, -0.2) is 18.8 Å². The van der Waals surface area contributed by atoms with Gasteiger partial charge in [0, 0.05) is 11.1 Å². The molecule has 1 unspecified atom stereocenters. The van der Waals surface area contributed by atoms with Gasteiger partial charge in [-0.3, -0.25) is 0 Å². The molecule has 0 aliphatic heterocycles. The Morgan fingerprint density at radius 3 is 2.62 bits per heavy atom. The van der Waals surface area contributed by atoms with Gasteiger partial charge in [-0.2, -0.15) is 0 Å². The fraction of sp³-hybridized carbons (Fsp3) is 0.538. The van der Waals surface area contributed by atoms with Gasteiger partial charge in [-0.25, -0.2) is 0 Å². The molecule has 2 nitrogen and oxygen atoms in total. The van der Waals surface area contributed by atoms with Crippen molar-refractivity contribution in [3.05, 3.63) is 28.2 Å². The molecule has 90 valence electrons. The average molecular weight is 287 g/mol. The first-order valence-electron chi connectivity index (χ1n) is 5.48. The van der Waals surface area contributed by atoms with Crippen LogP contribution in [0.2, 0.25) is 0 Å². The first kappa shape index (κ1) is 13.5. The van der Waals surface area contributed by atoms with E-state index in [1.165, 1.54) is 5.56 Å². The quantitative estimate of drug-likeness (QED) is 0.899. The molecule has 1 N–H and O–H groups in total. The molecule has 3 heteroatoms. The molecule has 0 aromatic heterocycles. The maximum absolute atomic E-state index is 9.42. The van der Waals surface area contributed by atoms with Gasteiger partial charge in [0.05, 0.1) is 7.11 Å². The Morgan fingerprint density at radius 2 is 2.12 bits per heavy atom. The van der Waals surface area contributed by atoms with Crippen molar-refractivity contribution in [2.75, 3.05) is 13.7 Å². The smallest absolute Gasteiger partial charge is 0.119 e. The van der Waals surface area contributed by atoms with Crippen molar-refractivity contribution >= 4 is 15.9 Å². The van der Waals surface area contributed by atoms with E-state index in [0.29, 0.717) is 0 Å². The third-order valence-electron chi connectivity index (χ3n) is 3.11. The van der Waals surface area contributed by atoms with Crippen molar-refractivity contribution in [1.82, 2.24) is 0 Å². The number of rotatable bonds is 5. The fourth-order valence-corrected chi connectivity index (χ4v) is 1.95. The third kappa shape index (κ3) is 3.22. The van der Waals surface area contributed by atoms with Gasteiger partial charge in [0.25, 0.3) is 0 Å². The Kier molecular flexibility index (Phi) is 4.81. The lowest BCUT2D eigenvalue weighted by Crippen LogP contribution is -2.23. The molecule has 0 radical (unpaired) electrons. The summed E-state index contributed by atoms with van der Waals surface area (Å²) in [5.41, 5.74) is 1.12. The summed E-state index contributed by atoms with van der Waals surface area (Å²) in [5.74, 6) is 0.856. The molecule has 0 bridgehead atoms. The number of aliphatic hydroxyl groups is 1. The van der Waals surface area contributed by atoms with Gasteiger partial charge in [-0.15, -0.1) is 0 Å². The number of hydrogen-bond donors (Lipinski definition) is 1. The summed E-state index contributed by atoms with van der Waals surface area (Å²) in [5, 5.41) is 9.42. The third-order valence-corrected chi connectivity index (χ3v) is 3.88. The molecule has 1 rings (SSSR count). The summed E-state index contributed by atoms with van der Waals surface area (Å²) in [6.45, 7) is 4.40. The molecule has 0 aliphatic rings. The molecular formula is C13H19BrO2. The molecule has 0 saturated carbocycles. The van der Waals surface area contributed by atoms with Crippen molar-refractivity contribution < 1.29 is 9.84 Å². The first-order chi connectivity index (χ1) is 7.54. The number of benzene rings is 1. The molecule has 1 atom stereocenters. The molecule has 0 aliphatic carbocycles. The fourth-order valence-electron chi connectivity index (χ4n) is 1.57. The SMILES string of the molecule is CCC(C)(CO)Cc1cc(OC)ccc1Br. The van der Waals surface area contributed by atoms with Crippen molar-refractivity contribution in [1.29, 1.82) is 0 Å². The van der Waals surface area contributed by atoms with Gasteiger partial charge in [0.2, 0.25) is 0 Å². The predicted molar refractivity (Wildman–Crippen MR) is 69.9 cm³/mol. The highest BCUT2D eigenvalue weighted by Gasteiger charge is 2.22. The van der Waals surface area contributed by atoms with Crippen LogP contribution in [-0.2, 0) is 6.42 Å². The van der Waals surface area contributed by atoms with Crippen LogP contribution in [0.5, 0.6) is 5.75 Å². The van der Waals surface area contributed by atoms with Crippen molar-refractivity contribution in [3.8, 4) is 5.75 Å². The number of halogens is 1. The van der Waals surface area contributed by atoms with Crippen LogP contribution in [0, 0.1) is 5.41 Å². The van der Waals surface area contributed by atoms with E-state index >= 15 is 0 Å². The van der Waals surface area contributed by atoms with E-state index in [9.17, 15) is 5.11 Å². The van der Waals surface area contributed by atoms with Crippen LogP contribution < -0.4 is 4.74 Å². The Morgan fingerprint density at radius 1 is 1.44 bits per heavy atom. The Bertz CT molecular complexity index is 346. The zero-order chi connectivity index (χ0) is 12.2. The number of methoxy groups -OCH3 is 1. The van der Waals surface area contributed by atoms with E-state index in [0.717, 1.165) is 23.1 Å². The van der Waals surface area contributed by atoms with Crippen LogP contribution in [0.15, 0.2) is 22.7 Å². The lowest BCUT2D eigenvalue weighted by Gasteiger charge is -2.26. The summed E-state index contributed by atoms with van der Waals surface area (Å²) in [7, 11) is 1.66. The van der Waals surface area contributed by atoms with E-state index in [2.05, 4.69) is 29.8 Å². The minimum absolute atomic E-state index is 0.0606. The van der Waals surface area contributed by atoms with Crippen molar-refractivity contribution in [3.63, 3.8) is 0 Å². The molecule has 16 heavy (non-hydrogen) atoms. The minimum atomic E-state index is -0.0606. The summed E-state index contributed by atoms with van der Waals surface area (Å²) in [6.07, 6.45) is 1.80. The zero-order valence-corrected chi connectivity index (χ0v) is 11.7. The second kappa shape index (κ2) is 5.69. The monoisotopic (exact) mass is 286 g/mol. The maximum Gasteiger partial charge on any atom is 0.119 e. The number of ether oxygens (including phenoxy) is 1. The van der Waals surface area contributed by atoms with Gasteiger partial charge in [-0.05, 0) is 42.0 Å². The van der Waals surface area contributed by atoms with E-state index < -0.39 is 0 Å². The lowest BCUT2D eigenvalue weighted by atomic mass is 9.82. The highest BCUT2D eigenvalue weighted by atomic mass is 79.9.